The van der Waals surface area contributed by atoms with Gasteiger partial charge in [-0.05, 0) is 32.1 Å². The van der Waals surface area contributed by atoms with E-state index in [0.29, 0.717) is 5.92 Å². The molecule has 0 aliphatic heterocycles. The first kappa shape index (κ1) is 10.5. The number of hydrogen-bond donors (Lipinski definition) is 0. The summed E-state index contributed by atoms with van der Waals surface area (Å²) in [5, 5.41) is 0. The van der Waals surface area contributed by atoms with E-state index in [0.717, 1.165) is 6.42 Å². The Hall–Kier alpha value is -0.520. The van der Waals surface area contributed by atoms with Crippen molar-refractivity contribution in [1.82, 2.24) is 0 Å². The Bertz CT molecular complexity index is 138. The van der Waals surface area contributed by atoms with Gasteiger partial charge in [0.1, 0.15) is 0 Å². The van der Waals surface area contributed by atoms with Crippen molar-refractivity contribution < 1.29 is 0 Å². The highest BCUT2D eigenvalue weighted by Crippen LogP contribution is 2.18. The van der Waals surface area contributed by atoms with E-state index in [1.54, 1.807) is 0 Å². The number of hydrogen-bond acceptors (Lipinski definition) is 0. The quantitative estimate of drug-likeness (QED) is 0.537. The van der Waals surface area contributed by atoms with Crippen LogP contribution in [0.25, 0.3) is 0 Å². The topological polar surface area (TPSA) is 0 Å². The third-order valence-corrected chi connectivity index (χ3v) is 1.98. The molecule has 0 saturated carbocycles. The average molecular weight is 151 g/mol. The summed E-state index contributed by atoms with van der Waals surface area (Å²) in [7, 11) is 0. The molecule has 0 aliphatic carbocycles. The van der Waals surface area contributed by atoms with E-state index < -0.39 is 0 Å². The first-order valence-electron chi connectivity index (χ1n) is 4.17. The van der Waals surface area contributed by atoms with Crippen LogP contribution in [0.1, 0.15) is 34.1 Å². The molecule has 0 rings (SSSR count). The van der Waals surface area contributed by atoms with E-state index >= 15 is 0 Å². The average Bonchev–Trinajstić information content (AvgIpc) is 1.98. The van der Waals surface area contributed by atoms with Crippen LogP contribution in [0.2, 0.25) is 0 Å². The molecule has 0 heteroatoms. The van der Waals surface area contributed by atoms with Crippen molar-refractivity contribution in [3.63, 3.8) is 0 Å². The molecule has 0 heterocycles. The maximum Gasteiger partial charge on any atom is -0.00298 e. The summed E-state index contributed by atoms with van der Waals surface area (Å²) in [6.45, 7) is 12.4. The van der Waals surface area contributed by atoms with Crippen LogP contribution in [0.4, 0.5) is 0 Å². The Balaban J connectivity index is 3.77. The van der Waals surface area contributed by atoms with Crippen LogP contribution >= 0.6 is 0 Å². The van der Waals surface area contributed by atoms with Crippen molar-refractivity contribution in [1.29, 1.82) is 0 Å². The molecule has 0 amide bonds. The highest BCUT2D eigenvalue weighted by molar-refractivity contribution is 5.08. The van der Waals surface area contributed by atoms with Crippen LogP contribution in [-0.2, 0) is 0 Å². The molecule has 0 bridgehead atoms. The molecule has 0 nitrogen and oxygen atoms in total. The molecular weight excluding hydrogens is 132 g/mol. The highest BCUT2D eigenvalue weighted by atomic mass is 14.1. The first-order valence-corrected chi connectivity index (χ1v) is 4.17. The van der Waals surface area contributed by atoms with Gasteiger partial charge in [-0.25, -0.2) is 0 Å². The second-order valence-corrected chi connectivity index (χ2v) is 3.37. The van der Waals surface area contributed by atoms with Crippen LogP contribution in [0.15, 0.2) is 24.3 Å². The predicted octanol–water partition coefficient (Wildman–Crippen LogP) is 3.76. The normalized spacial score (nSPS) is 12.8. The molecule has 1 radical (unpaired) electrons. The molecule has 11 heavy (non-hydrogen) atoms. The van der Waals surface area contributed by atoms with Gasteiger partial charge in [0.15, 0.2) is 0 Å². The summed E-state index contributed by atoms with van der Waals surface area (Å²) in [6.07, 6.45) is 5.36. The number of rotatable bonds is 4. The minimum absolute atomic E-state index is 0.641. The van der Waals surface area contributed by atoms with Gasteiger partial charge >= 0.3 is 0 Å². The summed E-state index contributed by atoms with van der Waals surface area (Å²) in [4.78, 5) is 0. The molecule has 0 aliphatic rings. The molecule has 0 aromatic rings. The van der Waals surface area contributed by atoms with Crippen LogP contribution in [0, 0.1) is 11.8 Å². The van der Waals surface area contributed by atoms with Gasteiger partial charge in [-0.15, -0.1) is 6.58 Å². The van der Waals surface area contributed by atoms with Crippen LogP contribution in [0.3, 0.4) is 0 Å². The fraction of sp³-hybridized carbons (Fsp3) is 0.545. The lowest BCUT2D eigenvalue weighted by Crippen LogP contribution is -2.00. The third kappa shape index (κ3) is 4.83. The Kier molecular flexibility index (Phi) is 4.93. The fourth-order valence-corrected chi connectivity index (χ4v) is 0.800. The minimum Gasteiger partial charge on any atom is -0.102 e. The zero-order chi connectivity index (χ0) is 8.85. The summed E-state index contributed by atoms with van der Waals surface area (Å²) in [6, 6.07) is 0. The first-order chi connectivity index (χ1) is 5.07. The summed E-state index contributed by atoms with van der Waals surface area (Å²) in [5.74, 6) is 2.02. The fourth-order valence-electron chi connectivity index (χ4n) is 0.800. The number of allylic oxidation sites excluding steroid dienone is 3. The standard InChI is InChI=1S/C11H19/c1-6-10(4)11(5)8-7-9(2)3/h6-7,11H,1,8H2,2-5H3. The zero-order valence-corrected chi connectivity index (χ0v) is 8.15. The highest BCUT2D eigenvalue weighted by Gasteiger charge is 2.06. The molecule has 0 saturated heterocycles. The predicted molar refractivity (Wildman–Crippen MR) is 52.3 cm³/mol. The van der Waals surface area contributed by atoms with Crippen LogP contribution in [0.5, 0.6) is 0 Å². The largest absolute Gasteiger partial charge is 0.102 e. The van der Waals surface area contributed by atoms with Crippen molar-refractivity contribution >= 4 is 0 Å². The van der Waals surface area contributed by atoms with E-state index in [2.05, 4.69) is 40.3 Å². The van der Waals surface area contributed by atoms with Gasteiger partial charge in [0.25, 0.3) is 0 Å². The van der Waals surface area contributed by atoms with E-state index in [4.69, 9.17) is 0 Å². The van der Waals surface area contributed by atoms with Crippen LogP contribution < -0.4 is 0 Å². The van der Waals surface area contributed by atoms with Gasteiger partial charge in [0, 0.05) is 0 Å². The molecular formula is C11H19. The molecule has 0 aromatic heterocycles. The lowest BCUT2D eigenvalue weighted by molar-refractivity contribution is 0.637. The summed E-state index contributed by atoms with van der Waals surface area (Å²) < 4.78 is 0. The molecule has 0 aromatic carbocycles. The van der Waals surface area contributed by atoms with E-state index in [1.807, 2.05) is 6.08 Å². The van der Waals surface area contributed by atoms with Crippen LogP contribution in [-0.4, -0.2) is 0 Å². The maximum absolute atomic E-state index is 3.75. The van der Waals surface area contributed by atoms with Crippen molar-refractivity contribution in [2.24, 2.45) is 5.92 Å². The lowest BCUT2D eigenvalue weighted by Gasteiger charge is -2.12. The second kappa shape index (κ2) is 5.17. The Morgan fingerprint density at radius 2 is 1.91 bits per heavy atom. The van der Waals surface area contributed by atoms with Gasteiger partial charge in [0.05, 0.1) is 0 Å². The van der Waals surface area contributed by atoms with Gasteiger partial charge < -0.3 is 0 Å². The molecule has 0 fully saturated rings. The Labute approximate surface area is 71.0 Å². The Morgan fingerprint density at radius 3 is 2.27 bits per heavy atom. The smallest absolute Gasteiger partial charge is 0.00298 e. The van der Waals surface area contributed by atoms with E-state index in [9.17, 15) is 0 Å². The summed E-state index contributed by atoms with van der Waals surface area (Å²) >= 11 is 0. The van der Waals surface area contributed by atoms with E-state index in [-0.39, 0.29) is 0 Å². The second-order valence-electron chi connectivity index (χ2n) is 3.37. The summed E-state index contributed by atoms with van der Waals surface area (Å²) in [5.41, 5.74) is 1.40. The van der Waals surface area contributed by atoms with Gasteiger partial charge in [-0.2, -0.15) is 0 Å². The van der Waals surface area contributed by atoms with Crippen molar-refractivity contribution in [2.45, 2.75) is 34.1 Å². The van der Waals surface area contributed by atoms with Gasteiger partial charge in [-0.1, -0.05) is 31.6 Å². The van der Waals surface area contributed by atoms with Gasteiger partial charge in [0.2, 0.25) is 0 Å². The molecule has 63 valence electrons. The molecule has 0 N–H and O–H groups in total. The van der Waals surface area contributed by atoms with Crippen molar-refractivity contribution in [3.05, 3.63) is 30.2 Å². The Morgan fingerprint density at radius 1 is 1.36 bits per heavy atom. The van der Waals surface area contributed by atoms with Gasteiger partial charge in [-0.3, -0.25) is 0 Å². The maximum atomic E-state index is 3.75. The zero-order valence-electron chi connectivity index (χ0n) is 8.15. The van der Waals surface area contributed by atoms with E-state index in [1.165, 1.54) is 11.5 Å². The van der Waals surface area contributed by atoms with Crippen molar-refractivity contribution in [3.8, 4) is 0 Å². The SMILES string of the molecule is C=C[C](C)C(C)CC=C(C)C. The third-order valence-electron chi connectivity index (χ3n) is 1.98. The molecule has 1 unspecified atom stereocenters. The molecule has 1 atom stereocenters. The minimum atomic E-state index is 0.641. The monoisotopic (exact) mass is 151 g/mol. The lowest BCUT2D eigenvalue weighted by atomic mass is 9.92. The van der Waals surface area contributed by atoms with Crippen molar-refractivity contribution in [2.75, 3.05) is 0 Å². The molecule has 0 spiro atoms.